The van der Waals surface area contributed by atoms with E-state index < -0.39 is 0 Å². The number of guanidine groups is 1. The van der Waals surface area contributed by atoms with Crippen molar-refractivity contribution in [2.45, 2.75) is 38.1 Å². The van der Waals surface area contributed by atoms with Crippen LogP contribution in [0.3, 0.4) is 0 Å². The number of nitrogens with zero attached hydrogens (tertiary/aromatic N) is 3. The van der Waals surface area contributed by atoms with E-state index in [9.17, 15) is 9.59 Å². The van der Waals surface area contributed by atoms with Gasteiger partial charge in [0.05, 0.1) is 0 Å². The van der Waals surface area contributed by atoms with Gasteiger partial charge in [-0.25, -0.2) is 0 Å². The van der Waals surface area contributed by atoms with E-state index >= 15 is 0 Å². The molecule has 1 aromatic carbocycles. The lowest BCUT2D eigenvalue weighted by Crippen LogP contribution is -2.48. The summed E-state index contributed by atoms with van der Waals surface area (Å²) in [5, 5.41) is 7.42. The van der Waals surface area contributed by atoms with Crippen LogP contribution in [0.15, 0.2) is 29.3 Å². The number of aliphatic imine (C=N–C) groups is 1. The Morgan fingerprint density at radius 3 is 2.67 bits per heavy atom. The molecule has 0 aliphatic carbocycles. The molecule has 2 heterocycles. The summed E-state index contributed by atoms with van der Waals surface area (Å²) in [7, 11) is 3.89. The number of piperidine rings is 2. The summed E-state index contributed by atoms with van der Waals surface area (Å²) in [6, 6.07) is 8.41. The summed E-state index contributed by atoms with van der Waals surface area (Å²) in [5.41, 5.74) is 1.24. The Bertz CT molecular complexity index is 769. The van der Waals surface area contributed by atoms with Gasteiger partial charge in [-0.1, -0.05) is 23.7 Å². The van der Waals surface area contributed by atoms with Crippen molar-refractivity contribution in [3.8, 4) is 0 Å². The van der Waals surface area contributed by atoms with E-state index in [2.05, 4.69) is 39.7 Å². The molecular formula is C22H32ClN5O2. The first-order valence-electron chi connectivity index (χ1n) is 10.7. The molecule has 2 unspecified atom stereocenters. The Morgan fingerprint density at radius 1 is 1.20 bits per heavy atom. The molecule has 0 saturated carbocycles. The number of likely N-dealkylation sites (tertiary alicyclic amines) is 2. The van der Waals surface area contributed by atoms with Gasteiger partial charge in [-0.15, -0.1) is 0 Å². The molecule has 0 aromatic heterocycles. The predicted molar refractivity (Wildman–Crippen MR) is 119 cm³/mol. The minimum Gasteiger partial charge on any atom is -0.356 e. The Hall–Kier alpha value is -2.12. The summed E-state index contributed by atoms with van der Waals surface area (Å²) in [6.45, 7) is 2.70. The van der Waals surface area contributed by atoms with E-state index in [1.807, 2.05) is 12.1 Å². The molecule has 2 N–H and O–H groups in total. The van der Waals surface area contributed by atoms with Crippen LogP contribution in [0, 0.1) is 5.92 Å². The number of amides is 2. The quantitative estimate of drug-likeness (QED) is 0.409. The molecular weight excluding hydrogens is 402 g/mol. The van der Waals surface area contributed by atoms with Gasteiger partial charge in [-0.2, -0.15) is 0 Å². The number of rotatable bonds is 6. The van der Waals surface area contributed by atoms with Gasteiger partial charge in [0.25, 0.3) is 0 Å². The molecule has 8 heteroatoms. The van der Waals surface area contributed by atoms with Crippen molar-refractivity contribution in [2.24, 2.45) is 10.9 Å². The van der Waals surface area contributed by atoms with Crippen molar-refractivity contribution in [1.82, 2.24) is 20.4 Å². The average molecular weight is 434 g/mol. The number of hydrogen-bond acceptors (Lipinski definition) is 4. The molecule has 2 saturated heterocycles. The summed E-state index contributed by atoms with van der Waals surface area (Å²) in [6.07, 6.45) is 3.86. The minimum absolute atomic E-state index is 0.0781. The Morgan fingerprint density at radius 2 is 1.97 bits per heavy atom. The molecule has 2 aliphatic rings. The lowest BCUT2D eigenvalue weighted by molar-refractivity contribution is -0.147. The van der Waals surface area contributed by atoms with E-state index in [-0.39, 0.29) is 11.8 Å². The molecule has 0 radical (unpaired) electrons. The second kappa shape index (κ2) is 10.8. The van der Waals surface area contributed by atoms with Crippen LogP contribution in [0.5, 0.6) is 0 Å². The van der Waals surface area contributed by atoms with Crippen molar-refractivity contribution in [2.75, 3.05) is 40.3 Å². The molecule has 30 heavy (non-hydrogen) atoms. The van der Waals surface area contributed by atoms with Crippen molar-refractivity contribution in [3.05, 3.63) is 34.9 Å². The Balaban J connectivity index is 1.54. The molecule has 7 nitrogen and oxygen atoms in total. The summed E-state index contributed by atoms with van der Waals surface area (Å²) >= 11 is 6.24. The number of imide groups is 1. The fourth-order valence-corrected chi connectivity index (χ4v) is 4.67. The summed E-state index contributed by atoms with van der Waals surface area (Å²) < 4.78 is 0. The number of nitrogens with one attached hydrogen (secondary N) is 2. The van der Waals surface area contributed by atoms with E-state index in [0.29, 0.717) is 50.3 Å². The van der Waals surface area contributed by atoms with Crippen LogP contribution in [0.2, 0.25) is 5.02 Å². The number of halogens is 1. The Kier molecular flexibility index (Phi) is 8.10. The summed E-state index contributed by atoms with van der Waals surface area (Å²) in [5.74, 6) is 0.951. The average Bonchev–Trinajstić information content (AvgIpc) is 2.72. The van der Waals surface area contributed by atoms with E-state index in [0.717, 1.165) is 31.0 Å². The van der Waals surface area contributed by atoms with Crippen molar-refractivity contribution < 1.29 is 9.59 Å². The topological polar surface area (TPSA) is 77.0 Å². The van der Waals surface area contributed by atoms with Gasteiger partial charge in [0.15, 0.2) is 5.96 Å². The summed E-state index contributed by atoms with van der Waals surface area (Å²) in [4.78, 5) is 31.9. The second-order valence-corrected chi connectivity index (χ2v) is 8.49. The highest BCUT2D eigenvalue weighted by atomic mass is 35.5. The van der Waals surface area contributed by atoms with Gasteiger partial charge in [0.1, 0.15) is 0 Å². The fraction of sp³-hybridized carbons (Fsp3) is 0.591. The van der Waals surface area contributed by atoms with Gasteiger partial charge in [0, 0.05) is 50.6 Å². The molecule has 1 aromatic rings. The van der Waals surface area contributed by atoms with Crippen molar-refractivity contribution in [1.29, 1.82) is 0 Å². The number of hydrogen-bond donors (Lipinski definition) is 2. The zero-order valence-electron chi connectivity index (χ0n) is 17.9. The first-order valence-corrected chi connectivity index (χ1v) is 11.1. The molecule has 3 rings (SSSR count). The third-order valence-corrected chi connectivity index (χ3v) is 6.20. The van der Waals surface area contributed by atoms with Gasteiger partial charge in [0.2, 0.25) is 11.8 Å². The van der Waals surface area contributed by atoms with E-state index in [4.69, 9.17) is 11.6 Å². The minimum atomic E-state index is -0.0781. The normalized spacial score (nSPS) is 23.6. The van der Waals surface area contributed by atoms with Gasteiger partial charge >= 0.3 is 0 Å². The van der Waals surface area contributed by atoms with E-state index in [1.165, 1.54) is 10.5 Å². The Labute approximate surface area is 183 Å². The lowest BCUT2D eigenvalue weighted by atomic mass is 9.85. The zero-order valence-corrected chi connectivity index (χ0v) is 18.6. The number of carbonyl (C=O) groups is 2. The van der Waals surface area contributed by atoms with Gasteiger partial charge in [-0.3, -0.25) is 24.4 Å². The molecule has 2 fully saturated rings. The van der Waals surface area contributed by atoms with Crippen molar-refractivity contribution in [3.63, 3.8) is 0 Å². The van der Waals surface area contributed by atoms with Crippen LogP contribution in [-0.4, -0.2) is 67.8 Å². The van der Waals surface area contributed by atoms with E-state index in [1.54, 1.807) is 7.05 Å². The van der Waals surface area contributed by atoms with Crippen LogP contribution in [0.4, 0.5) is 0 Å². The standard InChI is InChI=1S/C22H32ClN5O2/c1-24-22(25-11-13-28-19(29)9-4-10-20(28)30)26-15-17-7-5-12-27(2)21(17)16-6-3-8-18(23)14-16/h3,6,8,14,17,21H,4-5,7,9-13,15H2,1-2H3,(H2,24,25,26). The number of benzene rings is 1. The fourth-order valence-electron chi connectivity index (χ4n) is 4.47. The third kappa shape index (κ3) is 5.73. The van der Waals surface area contributed by atoms with Crippen LogP contribution in [-0.2, 0) is 9.59 Å². The molecule has 0 bridgehead atoms. The maximum absolute atomic E-state index is 11.9. The second-order valence-electron chi connectivity index (χ2n) is 8.06. The largest absolute Gasteiger partial charge is 0.356 e. The van der Waals surface area contributed by atoms with Gasteiger partial charge in [-0.05, 0) is 56.5 Å². The van der Waals surface area contributed by atoms with Crippen molar-refractivity contribution >= 4 is 29.4 Å². The smallest absolute Gasteiger partial charge is 0.229 e. The maximum atomic E-state index is 11.9. The maximum Gasteiger partial charge on any atom is 0.229 e. The molecule has 2 amide bonds. The lowest BCUT2D eigenvalue weighted by Gasteiger charge is -2.40. The molecule has 2 atom stereocenters. The van der Waals surface area contributed by atoms with Crippen LogP contribution >= 0.6 is 11.6 Å². The van der Waals surface area contributed by atoms with Crippen LogP contribution in [0.1, 0.15) is 43.7 Å². The first kappa shape index (κ1) is 22.6. The highest BCUT2D eigenvalue weighted by Gasteiger charge is 2.31. The monoisotopic (exact) mass is 433 g/mol. The third-order valence-electron chi connectivity index (χ3n) is 5.96. The van der Waals surface area contributed by atoms with Crippen LogP contribution in [0.25, 0.3) is 0 Å². The first-order chi connectivity index (χ1) is 14.5. The number of carbonyl (C=O) groups excluding carboxylic acids is 2. The van der Waals surface area contributed by atoms with Crippen LogP contribution < -0.4 is 10.6 Å². The zero-order chi connectivity index (χ0) is 21.5. The SMILES string of the molecule is CN=C(NCCN1C(=O)CCCC1=O)NCC1CCCN(C)C1c1cccc(Cl)c1. The molecule has 0 spiro atoms. The predicted octanol–water partition coefficient (Wildman–Crippen LogP) is 2.43. The molecule has 2 aliphatic heterocycles. The van der Waals surface area contributed by atoms with Gasteiger partial charge < -0.3 is 10.6 Å². The highest BCUT2D eigenvalue weighted by Crippen LogP contribution is 2.35. The highest BCUT2D eigenvalue weighted by molar-refractivity contribution is 6.30. The molecule has 164 valence electrons.